The van der Waals surface area contributed by atoms with Gasteiger partial charge in [-0.15, -0.1) is 0 Å². The molecule has 1 aliphatic rings. The number of hydrogen-bond donors (Lipinski definition) is 1. The Morgan fingerprint density at radius 2 is 1.71 bits per heavy atom. The highest BCUT2D eigenvalue weighted by molar-refractivity contribution is 5.94. The van der Waals surface area contributed by atoms with E-state index in [2.05, 4.69) is 5.32 Å². The number of hydrogen-bond acceptors (Lipinski definition) is 1. The Balaban J connectivity index is 2.00. The van der Waals surface area contributed by atoms with Crippen LogP contribution in [0.2, 0.25) is 0 Å². The summed E-state index contributed by atoms with van der Waals surface area (Å²) in [5, 5.41) is 2.76. The van der Waals surface area contributed by atoms with E-state index >= 15 is 0 Å². The van der Waals surface area contributed by atoms with Crippen molar-refractivity contribution in [3.63, 3.8) is 0 Å². The minimum absolute atomic E-state index is 0.0330. The zero-order chi connectivity index (χ0) is 15.0. The predicted octanol–water partition coefficient (Wildman–Crippen LogP) is 4.26. The van der Waals surface area contributed by atoms with Crippen molar-refractivity contribution in [1.29, 1.82) is 0 Å². The molecule has 0 bridgehead atoms. The largest absolute Gasteiger partial charge is 0.416 e. The molecule has 0 aromatic heterocycles. The Kier molecular flexibility index (Phi) is 3.20. The monoisotopic (exact) mass is 291 g/mol. The molecular weight excluding hydrogens is 279 g/mol. The number of nitrogens with one attached hydrogen (secondary N) is 1. The molecule has 1 heterocycles. The Morgan fingerprint density at radius 1 is 0.952 bits per heavy atom. The Bertz CT molecular complexity index is 707. The van der Waals surface area contributed by atoms with Gasteiger partial charge in [-0.25, -0.2) is 0 Å². The summed E-state index contributed by atoms with van der Waals surface area (Å²) in [4.78, 5) is 11.3. The van der Waals surface area contributed by atoms with E-state index < -0.39 is 11.7 Å². The number of benzene rings is 2. The van der Waals surface area contributed by atoms with Crippen LogP contribution in [0.5, 0.6) is 0 Å². The van der Waals surface area contributed by atoms with Gasteiger partial charge in [0.05, 0.1) is 5.56 Å². The fourth-order valence-corrected chi connectivity index (χ4v) is 2.44. The van der Waals surface area contributed by atoms with E-state index in [0.717, 1.165) is 28.9 Å². The van der Waals surface area contributed by atoms with Gasteiger partial charge >= 0.3 is 6.18 Å². The first-order chi connectivity index (χ1) is 9.93. The average Bonchev–Trinajstić information content (AvgIpc) is 2.46. The number of amides is 1. The molecule has 21 heavy (non-hydrogen) atoms. The predicted molar refractivity (Wildman–Crippen MR) is 73.8 cm³/mol. The lowest BCUT2D eigenvalue weighted by atomic mass is 9.96. The summed E-state index contributed by atoms with van der Waals surface area (Å²) in [5.74, 6) is -0.0330. The van der Waals surface area contributed by atoms with Gasteiger partial charge in [0.15, 0.2) is 0 Å². The van der Waals surface area contributed by atoms with Crippen LogP contribution in [0.4, 0.5) is 18.9 Å². The maximum atomic E-state index is 12.8. The van der Waals surface area contributed by atoms with Gasteiger partial charge in [-0.3, -0.25) is 4.79 Å². The minimum atomic E-state index is -4.35. The van der Waals surface area contributed by atoms with Crippen molar-refractivity contribution in [3.8, 4) is 11.1 Å². The topological polar surface area (TPSA) is 29.1 Å². The van der Waals surface area contributed by atoms with Crippen molar-refractivity contribution >= 4 is 11.6 Å². The Morgan fingerprint density at radius 3 is 2.48 bits per heavy atom. The molecule has 1 N–H and O–H groups in total. The van der Waals surface area contributed by atoms with Crippen LogP contribution >= 0.6 is 0 Å². The summed E-state index contributed by atoms with van der Waals surface area (Å²) in [7, 11) is 0. The third-order valence-corrected chi connectivity index (χ3v) is 3.52. The fourth-order valence-electron chi connectivity index (χ4n) is 2.44. The number of rotatable bonds is 1. The van der Waals surface area contributed by atoms with Crippen LogP contribution < -0.4 is 5.32 Å². The summed E-state index contributed by atoms with van der Waals surface area (Å²) < 4.78 is 38.3. The number of carbonyl (C=O) groups is 1. The number of aryl methyl sites for hydroxylation is 1. The first-order valence-corrected chi connectivity index (χ1v) is 6.54. The van der Waals surface area contributed by atoms with Crippen molar-refractivity contribution in [2.45, 2.75) is 19.0 Å². The molecule has 0 atom stereocenters. The lowest BCUT2D eigenvalue weighted by molar-refractivity contribution is -0.137. The van der Waals surface area contributed by atoms with E-state index in [0.29, 0.717) is 18.4 Å². The summed E-state index contributed by atoms with van der Waals surface area (Å²) in [6.07, 6.45) is -3.34. The summed E-state index contributed by atoms with van der Waals surface area (Å²) in [5.41, 5.74) is 2.26. The van der Waals surface area contributed by atoms with Crippen LogP contribution in [0.1, 0.15) is 17.5 Å². The van der Waals surface area contributed by atoms with Crippen molar-refractivity contribution in [3.05, 3.63) is 53.6 Å². The molecule has 1 amide bonds. The maximum Gasteiger partial charge on any atom is 0.416 e. The molecule has 0 aliphatic carbocycles. The summed E-state index contributed by atoms with van der Waals surface area (Å²) in [6.45, 7) is 0. The molecule has 1 aliphatic heterocycles. The highest BCUT2D eigenvalue weighted by Gasteiger charge is 2.30. The third kappa shape index (κ3) is 2.77. The van der Waals surface area contributed by atoms with Crippen LogP contribution in [0.25, 0.3) is 11.1 Å². The van der Waals surface area contributed by atoms with Gasteiger partial charge in [0.25, 0.3) is 0 Å². The van der Waals surface area contributed by atoms with Gasteiger partial charge in [-0.2, -0.15) is 13.2 Å². The lowest BCUT2D eigenvalue weighted by Crippen LogP contribution is -2.18. The standard InChI is InChI=1S/C16H12F3NO/c17-16(18,19)13-3-1-2-10(9-13)11-4-6-14-12(8-11)5-7-15(21)20-14/h1-4,6,8-9H,5,7H2,(H,20,21). The van der Waals surface area contributed by atoms with Crippen LogP contribution in [-0.2, 0) is 17.4 Å². The first-order valence-electron chi connectivity index (χ1n) is 6.54. The molecule has 0 unspecified atom stereocenters. The van der Waals surface area contributed by atoms with Gasteiger partial charge in [0.2, 0.25) is 5.91 Å². The van der Waals surface area contributed by atoms with Crippen LogP contribution in [-0.4, -0.2) is 5.91 Å². The Labute approximate surface area is 119 Å². The Hall–Kier alpha value is -2.30. The van der Waals surface area contributed by atoms with Crippen LogP contribution in [0, 0.1) is 0 Å². The summed E-state index contributed by atoms with van der Waals surface area (Å²) in [6, 6.07) is 10.6. The van der Waals surface area contributed by atoms with E-state index in [9.17, 15) is 18.0 Å². The van der Waals surface area contributed by atoms with E-state index in [4.69, 9.17) is 0 Å². The second-order valence-corrected chi connectivity index (χ2v) is 5.00. The molecule has 3 rings (SSSR count). The molecule has 0 saturated heterocycles. The normalized spacial score (nSPS) is 14.5. The molecule has 0 spiro atoms. The van der Waals surface area contributed by atoms with Crippen molar-refractivity contribution in [2.24, 2.45) is 0 Å². The number of fused-ring (bicyclic) bond motifs is 1. The number of halogens is 3. The van der Waals surface area contributed by atoms with Crippen molar-refractivity contribution in [2.75, 3.05) is 5.32 Å². The summed E-state index contributed by atoms with van der Waals surface area (Å²) >= 11 is 0. The van der Waals surface area contributed by atoms with Gasteiger partial charge in [0.1, 0.15) is 0 Å². The molecule has 0 radical (unpaired) electrons. The van der Waals surface area contributed by atoms with Crippen LogP contribution in [0.3, 0.4) is 0 Å². The zero-order valence-electron chi connectivity index (χ0n) is 11.0. The number of anilines is 1. The fraction of sp³-hybridized carbons (Fsp3) is 0.188. The van der Waals surface area contributed by atoms with Gasteiger partial charge < -0.3 is 5.32 Å². The second kappa shape index (κ2) is 4.91. The van der Waals surface area contributed by atoms with E-state index in [1.807, 2.05) is 6.07 Å². The highest BCUT2D eigenvalue weighted by Crippen LogP contribution is 2.33. The highest BCUT2D eigenvalue weighted by atomic mass is 19.4. The van der Waals surface area contributed by atoms with E-state index in [1.54, 1.807) is 18.2 Å². The molecule has 5 heteroatoms. The molecule has 2 aromatic rings. The van der Waals surface area contributed by atoms with Gasteiger partial charge in [-0.05, 0) is 47.4 Å². The number of carbonyl (C=O) groups excluding carboxylic acids is 1. The van der Waals surface area contributed by atoms with E-state index in [-0.39, 0.29) is 5.91 Å². The molecule has 2 nitrogen and oxygen atoms in total. The van der Waals surface area contributed by atoms with Crippen molar-refractivity contribution < 1.29 is 18.0 Å². The number of alkyl halides is 3. The molecular formula is C16H12F3NO. The third-order valence-electron chi connectivity index (χ3n) is 3.52. The van der Waals surface area contributed by atoms with Crippen LogP contribution in [0.15, 0.2) is 42.5 Å². The quantitative estimate of drug-likeness (QED) is 0.835. The molecule has 108 valence electrons. The SMILES string of the molecule is O=C1CCc2cc(-c3cccc(C(F)(F)F)c3)ccc2N1. The molecule has 2 aromatic carbocycles. The minimum Gasteiger partial charge on any atom is -0.326 e. The first kappa shape index (κ1) is 13.7. The second-order valence-electron chi connectivity index (χ2n) is 5.00. The lowest BCUT2D eigenvalue weighted by Gasteiger charge is -2.18. The maximum absolute atomic E-state index is 12.8. The van der Waals surface area contributed by atoms with E-state index in [1.165, 1.54) is 6.07 Å². The average molecular weight is 291 g/mol. The zero-order valence-corrected chi connectivity index (χ0v) is 11.0. The smallest absolute Gasteiger partial charge is 0.326 e. The molecule has 0 saturated carbocycles. The molecule has 0 fully saturated rings. The van der Waals surface area contributed by atoms with Gasteiger partial charge in [0, 0.05) is 12.1 Å². The van der Waals surface area contributed by atoms with Gasteiger partial charge in [-0.1, -0.05) is 18.2 Å². The van der Waals surface area contributed by atoms with Crippen molar-refractivity contribution in [1.82, 2.24) is 0 Å².